The normalized spacial score (nSPS) is 12.0. The van der Waals surface area contributed by atoms with Crippen molar-refractivity contribution in [3.05, 3.63) is 41.5 Å². The minimum Gasteiger partial charge on any atom is -0.485 e. The lowest BCUT2D eigenvalue weighted by Crippen LogP contribution is -2.33. The van der Waals surface area contributed by atoms with E-state index in [4.69, 9.17) is 9.26 Å². The minimum absolute atomic E-state index is 0.0994. The van der Waals surface area contributed by atoms with Gasteiger partial charge in [-0.2, -0.15) is 4.98 Å². The van der Waals surface area contributed by atoms with Crippen molar-refractivity contribution < 1.29 is 24.0 Å². The van der Waals surface area contributed by atoms with E-state index in [2.05, 4.69) is 15.5 Å². The Morgan fingerprint density at radius 2 is 1.96 bits per heavy atom. The summed E-state index contributed by atoms with van der Waals surface area (Å²) in [7, 11) is 0. The van der Waals surface area contributed by atoms with Crippen molar-refractivity contribution in [3.8, 4) is 5.75 Å². The summed E-state index contributed by atoms with van der Waals surface area (Å²) in [5.41, 5.74) is 0.434. The third-order valence-corrected chi connectivity index (χ3v) is 3.91. The highest BCUT2D eigenvalue weighted by molar-refractivity contribution is 5.94. The Hall–Kier alpha value is -2.90. The maximum atomic E-state index is 12.2. The van der Waals surface area contributed by atoms with Gasteiger partial charge >= 0.3 is 5.97 Å². The molecule has 1 aromatic carbocycles. The van der Waals surface area contributed by atoms with Crippen molar-refractivity contribution in [1.82, 2.24) is 15.5 Å². The summed E-state index contributed by atoms with van der Waals surface area (Å²) in [4.78, 5) is 27.6. The highest BCUT2D eigenvalue weighted by atomic mass is 16.5. The number of rotatable bonds is 10. The van der Waals surface area contributed by atoms with Crippen molar-refractivity contribution >= 4 is 11.9 Å². The summed E-state index contributed by atoms with van der Waals surface area (Å²) in [5, 5.41) is 15.7. The van der Waals surface area contributed by atoms with Gasteiger partial charge in [0.25, 0.3) is 5.91 Å². The highest BCUT2D eigenvalue weighted by Crippen LogP contribution is 2.15. The number of nitrogens with one attached hydrogen (secondary N) is 1. The van der Waals surface area contributed by atoms with E-state index in [-0.39, 0.29) is 25.0 Å². The number of aliphatic carboxylic acids is 1. The fourth-order valence-electron chi connectivity index (χ4n) is 2.50. The molecule has 146 valence electrons. The van der Waals surface area contributed by atoms with Gasteiger partial charge in [0.15, 0.2) is 6.61 Å². The lowest BCUT2D eigenvalue weighted by atomic mass is 9.97. The number of aryl methyl sites for hydroxylation is 1. The molecular formula is C19H25N3O5. The zero-order valence-electron chi connectivity index (χ0n) is 15.8. The number of carbonyl (C=O) groups excluding carboxylic acids is 1. The summed E-state index contributed by atoms with van der Waals surface area (Å²) in [6.07, 6.45) is 1.18. The maximum Gasteiger partial charge on any atom is 0.308 e. The molecule has 0 fully saturated rings. The van der Waals surface area contributed by atoms with Crippen molar-refractivity contribution in [1.29, 1.82) is 0 Å². The smallest absolute Gasteiger partial charge is 0.308 e. The molecule has 0 radical (unpaired) electrons. The van der Waals surface area contributed by atoms with Crippen LogP contribution in [0, 0.1) is 11.8 Å². The Morgan fingerprint density at radius 1 is 1.26 bits per heavy atom. The first-order valence-corrected chi connectivity index (χ1v) is 8.94. The molecule has 2 N–H and O–H groups in total. The predicted octanol–water partition coefficient (Wildman–Crippen LogP) is 2.69. The van der Waals surface area contributed by atoms with Crippen LogP contribution in [-0.2, 0) is 17.8 Å². The summed E-state index contributed by atoms with van der Waals surface area (Å²) in [6, 6.07) is 6.57. The molecule has 2 aromatic rings. The summed E-state index contributed by atoms with van der Waals surface area (Å²) in [5.74, 6) is 0.00300. The molecule has 1 atom stereocenters. The fraction of sp³-hybridized carbons (Fsp3) is 0.474. The predicted molar refractivity (Wildman–Crippen MR) is 97.4 cm³/mol. The fourth-order valence-corrected chi connectivity index (χ4v) is 2.50. The Balaban J connectivity index is 1.86. The number of hydrogen-bond acceptors (Lipinski definition) is 6. The van der Waals surface area contributed by atoms with E-state index in [0.717, 1.165) is 0 Å². The molecule has 2 rings (SSSR count). The number of carboxylic acid groups (broad SMARTS) is 1. The lowest BCUT2D eigenvalue weighted by Gasteiger charge is -2.15. The van der Waals surface area contributed by atoms with Gasteiger partial charge < -0.3 is 19.7 Å². The second-order valence-corrected chi connectivity index (χ2v) is 6.65. The molecule has 1 heterocycles. The molecule has 0 aliphatic rings. The number of benzene rings is 1. The van der Waals surface area contributed by atoms with Crippen LogP contribution in [0.15, 0.2) is 28.8 Å². The van der Waals surface area contributed by atoms with Crippen molar-refractivity contribution in [3.63, 3.8) is 0 Å². The molecule has 0 aliphatic carbocycles. The van der Waals surface area contributed by atoms with Crippen LogP contribution in [0.1, 0.15) is 49.3 Å². The van der Waals surface area contributed by atoms with Gasteiger partial charge in [-0.15, -0.1) is 0 Å². The molecule has 0 spiro atoms. The van der Waals surface area contributed by atoms with Crippen LogP contribution >= 0.6 is 0 Å². The number of carbonyl (C=O) groups is 2. The van der Waals surface area contributed by atoms with Gasteiger partial charge in [0.05, 0.1) is 5.92 Å². The van der Waals surface area contributed by atoms with Gasteiger partial charge in [-0.25, -0.2) is 0 Å². The average molecular weight is 375 g/mol. The van der Waals surface area contributed by atoms with Crippen molar-refractivity contribution in [2.75, 3.05) is 6.54 Å². The first-order valence-electron chi connectivity index (χ1n) is 8.94. The van der Waals surface area contributed by atoms with E-state index in [0.29, 0.717) is 35.9 Å². The molecule has 8 nitrogen and oxygen atoms in total. The van der Waals surface area contributed by atoms with Gasteiger partial charge in [-0.3, -0.25) is 9.59 Å². The molecular weight excluding hydrogens is 350 g/mol. The Bertz CT molecular complexity index is 755. The molecule has 0 aliphatic heterocycles. The third-order valence-electron chi connectivity index (χ3n) is 3.91. The highest BCUT2D eigenvalue weighted by Gasteiger charge is 2.20. The van der Waals surface area contributed by atoms with E-state index in [1.54, 1.807) is 24.3 Å². The number of aromatic nitrogens is 2. The average Bonchev–Trinajstić information content (AvgIpc) is 3.11. The first kappa shape index (κ1) is 20.4. The van der Waals surface area contributed by atoms with Gasteiger partial charge in [-0.05, 0) is 36.6 Å². The SMILES string of the molecule is CCc1nc(COc2ccc(C(=O)NCC(CC(C)C)C(=O)O)cc2)no1. The second-order valence-electron chi connectivity index (χ2n) is 6.65. The van der Waals surface area contributed by atoms with E-state index in [1.165, 1.54) is 0 Å². The summed E-state index contributed by atoms with van der Waals surface area (Å²) >= 11 is 0. The molecule has 8 heteroatoms. The number of amides is 1. The molecule has 1 amide bonds. The molecule has 0 saturated heterocycles. The van der Waals surface area contributed by atoms with Crippen molar-refractivity contribution in [2.24, 2.45) is 11.8 Å². The zero-order valence-corrected chi connectivity index (χ0v) is 15.8. The lowest BCUT2D eigenvalue weighted by molar-refractivity contribution is -0.142. The van der Waals surface area contributed by atoms with E-state index in [9.17, 15) is 14.7 Å². The topological polar surface area (TPSA) is 115 Å². The van der Waals surface area contributed by atoms with Gasteiger partial charge in [-0.1, -0.05) is 25.9 Å². The van der Waals surface area contributed by atoms with Crippen LogP contribution in [0.5, 0.6) is 5.75 Å². The van der Waals surface area contributed by atoms with E-state index >= 15 is 0 Å². The van der Waals surface area contributed by atoms with Gasteiger partial charge in [0.1, 0.15) is 5.75 Å². The molecule has 1 aromatic heterocycles. The molecule has 27 heavy (non-hydrogen) atoms. The molecule has 0 saturated carbocycles. The number of hydrogen-bond donors (Lipinski definition) is 2. The van der Waals surface area contributed by atoms with Crippen LogP contribution in [0.25, 0.3) is 0 Å². The van der Waals surface area contributed by atoms with Crippen LogP contribution < -0.4 is 10.1 Å². The van der Waals surface area contributed by atoms with Crippen molar-refractivity contribution in [2.45, 2.75) is 40.2 Å². The van der Waals surface area contributed by atoms with Crippen LogP contribution in [0.4, 0.5) is 0 Å². The van der Waals surface area contributed by atoms with Crippen LogP contribution in [0.3, 0.4) is 0 Å². The zero-order chi connectivity index (χ0) is 19.8. The first-order chi connectivity index (χ1) is 12.9. The standard InChI is InChI=1S/C19H25N3O5/c1-4-17-21-16(22-27-17)11-26-15-7-5-13(6-8-15)18(23)20-10-14(19(24)25)9-12(2)3/h5-8,12,14H,4,9-11H2,1-3H3,(H,20,23)(H,24,25). The number of carboxylic acids is 1. The van der Waals surface area contributed by atoms with Crippen LogP contribution in [0.2, 0.25) is 0 Å². The Kier molecular flexibility index (Phi) is 7.34. The number of nitrogens with zero attached hydrogens (tertiary/aromatic N) is 2. The number of ether oxygens (including phenoxy) is 1. The second kappa shape index (κ2) is 9.70. The molecule has 1 unspecified atom stereocenters. The summed E-state index contributed by atoms with van der Waals surface area (Å²) < 4.78 is 10.6. The van der Waals surface area contributed by atoms with E-state index in [1.807, 2.05) is 20.8 Å². The van der Waals surface area contributed by atoms with Gasteiger partial charge in [0.2, 0.25) is 11.7 Å². The Morgan fingerprint density at radius 3 is 2.52 bits per heavy atom. The van der Waals surface area contributed by atoms with Crippen LogP contribution in [-0.4, -0.2) is 33.7 Å². The third kappa shape index (κ3) is 6.40. The Labute approximate surface area is 157 Å². The quantitative estimate of drug-likeness (QED) is 0.656. The monoisotopic (exact) mass is 375 g/mol. The minimum atomic E-state index is -0.902. The largest absolute Gasteiger partial charge is 0.485 e. The molecule has 0 bridgehead atoms. The maximum absolute atomic E-state index is 12.2. The summed E-state index contributed by atoms with van der Waals surface area (Å²) in [6.45, 7) is 6.10. The van der Waals surface area contributed by atoms with E-state index < -0.39 is 11.9 Å². The van der Waals surface area contributed by atoms with Gasteiger partial charge in [0, 0.05) is 18.5 Å².